The number of alkyl halides is 3. The number of aromatic nitrogens is 2. The number of rotatable bonds is 4. The van der Waals surface area contributed by atoms with Crippen molar-refractivity contribution in [1.29, 1.82) is 0 Å². The van der Waals surface area contributed by atoms with Gasteiger partial charge in [0.05, 0.1) is 21.3 Å². The second-order valence-electron chi connectivity index (χ2n) is 4.92. The number of halogens is 3. The van der Waals surface area contributed by atoms with Crippen LogP contribution in [0.4, 0.5) is 13.2 Å². The highest BCUT2D eigenvalue weighted by atomic mass is 19.4. The Bertz CT molecular complexity index is 890. The standard InChI is InChI=1S/C15H15F3N2O5/c1-19-11(15(16,17)18)7-12(21)20(14(19)22)13-9(24-3)5-8(23-2)6-10(13)25-4/h5-7H,1-4H3. The van der Waals surface area contributed by atoms with Gasteiger partial charge < -0.3 is 14.2 Å². The van der Waals surface area contributed by atoms with E-state index in [9.17, 15) is 22.8 Å². The van der Waals surface area contributed by atoms with Crippen LogP contribution in [0.1, 0.15) is 5.69 Å². The maximum Gasteiger partial charge on any atom is 0.431 e. The molecular weight excluding hydrogens is 345 g/mol. The van der Waals surface area contributed by atoms with Crippen molar-refractivity contribution in [3.63, 3.8) is 0 Å². The van der Waals surface area contributed by atoms with Gasteiger partial charge in [-0.15, -0.1) is 0 Å². The minimum Gasteiger partial charge on any atom is -0.496 e. The molecule has 1 aromatic heterocycles. The summed E-state index contributed by atoms with van der Waals surface area (Å²) in [5.74, 6) is 0.361. The van der Waals surface area contributed by atoms with Gasteiger partial charge in [-0.3, -0.25) is 9.36 Å². The minimum absolute atomic E-state index is 0.0233. The van der Waals surface area contributed by atoms with E-state index in [1.54, 1.807) is 0 Å². The molecule has 25 heavy (non-hydrogen) atoms. The normalized spacial score (nSPS) is 11.3. The van der Waals surface area contributed by atoms with E-state index in [1.807, 2.05) is 0 Å². The van der Waals surface area contributed by atoms with Gasteiger partial charge in [0.15, 0.2) is 11.5 Å². The summed E-state index contributed by atoms with van der Waals surface area (Å²) in [6.45, 7) is 0. The number of nitrogens with zero attached hydrogens (tertiary/aromatic N) is 2. The monoisotopic (exact) mass is 360 g/mol. The predicted octanol–water partition coefficient (Wildman–Crippen LogP) is 1.58. The van der Waals surface area contributed by atoms with Gasteiger partial charge in [-0.2, -0.15) is 13.2 Å². The molecule has 0 amide bonds. The van der Waals surface area contributed by atoms with Crippen LogP contribution in [0.3, 0.4) is 0 Å². The molecule has 0 spiro atoms. The van der Waals surface area contributed by atoms with Gasteiger partial charge in [-0.1, -0.05) is 0 Å². The molecule has 0 bridgehead atoms. The third-order valence-corrected chi connectivity index (χ3v) is 3.52. The van der Waals surface area contributed by atoms with Crippen molar-refractivity contribution in [2.24, 2.45) is 7.05 Å². The maximum absolute atomic E-state index is 13.0. The van der Waals surface area contributed by atoms with Crippen LogP contribution < -0.4 is 25.5 Å². The summed E-state index contributed by atoms with van der Waals surface area (Å²) < 4.78 is 55.1. The fourth-order valence-corrected chi connectivity index (χ4v) is 2.31. The Balaban J connectivity index is 2.91. The van der Waals surface area contributed by atoms with Crippen molar-refractivity contribution < 1.29 is 27.4 Å². The van der Waals surface area contributed by atoms with Crippen molar-refractivity contribution in [3.05, 3.63) is 44.7 Å². The molecule has 0 aliphatic heterocycles. The second-order valence-corrected chi connectivity index (χ2v) is 4.92. The SMILES string of the molecule is COc1cc(OC)c(-n2c(=O)cc(C(F)(F)F)n(C)c2=O)c(OC)c1. The Hall–Kier alpha value is -2.91. The average Bonchev–Trinajstić information content (AvgIpc) is 2.56. The number of hydrogen-bond acceptors (Lipinski definition) is 5. The van der Waals surface area contributed by atoms with E-state index < -0.39 is 23.1 Å². The van der Waals surface area contributed by atoms with Crippen LogP contribution >= 0.6 is 0 Å². The lowest BCUT2D eigenvalue weighted by Crippen LogP contribution is -2.41. The number of ether oxygens (including phenoxy) is 3. The van der Waals surface area contributed by atoms with E-state index in [0.29, 0.717) is 21.0 Å². The highest BCUT2D eigenvalue weighted by molar-refractivity contribution is 5.61. The largest absolute Gasteiger partial charge is 0.496 e. The molecule has 0 unspecified atom stereocenters. The summed E-state index contributed by atoms with van der Waals surface area (Å²) in [5.41, 5.74) is -3.84. The van der Waals surface area contributed by atoms with E-state index >= 15 is 0 Å². The number of benzene rings is 1. The van der Waals surface area contributed by atoms with Crippen molar-refractivity contribution in [2.75, 3.05) is 21.3 Å². The quantitative estimate of drug-likeness (QED) is 0.828. The zero-order valence-corrected chi connectivity index (χ0v) is 13.8. The second kappa shape index (κ2) is 6.54. The lowest BCUT2D eigenvalue weighted by atomic mass is 10.2. The highest BCUT2D eigenvalue weighted by Gasteiger charge is 2.35. The molecule has 10 heteroatoms. The first-order chi connectivity index (χ1) is 11.6. The van der Waals surface area contributed by atoms with Crippen molar-refractivity contribution in [1.82, 2.24) is 9.13 Å². The fraction of sp³-hybridized carbons (Fsp3) is 0.333. The molecule has 7 nitrogen and oxygen atoms in total. The molecule has 0 fully saturated rings. The first-order valence-electron chi connectivity index (χ1n) is 6.86. The van der Waals surface area contributed by atoms with Gasteiger partial charge >= 0.3 is 11.9 Å². The van der Waals surface area contributed by atoms with Crippen molar-refractivity contribution >= 4 is 0 Å². The molecular formula is C15H15F3N2O5. The van der Waals surface area contributed by atoms with E-state index in [4.69, 9.17) is 14.2 Å². The molecule has 2 aromatic rings. The van der Waals surface area contributed by atoms with E-state index in [2.05, 4.69) is 0 Å². The summed E-state index contributed by atoms with van der Waals surface area (Å²) in [6.07, 6.45) is -4.85. The van der Waals surface area contributed by atoms with Crippen LogP contribution in [0.2, 0.25) is 0 Å². The zero-order valence-electron chi connectivity index (χ0n) is 13.8. The topological polar surface area (TPSA) is 71.7 Å². The lowest BCUT2D eigenvalue weighted by Gasteiger charge is -2.18. The Morgan fingerprint density at radius 2 is 1.44 bits per heavy atom. The first kappa shape index (κ1) is 18.4. The van der Waals surface area contributed by atoms with Gasteiger partial charge in [0.25, 0.3) is 5.56 Å². The van der Waals surface area contributed by atoms with Crippen LogP contribution in [-0.4, -0.2) is 30.5 Å². The Kier molecular flexibility index (Phi) is 4.82. The van der Waals surface area contributed by atoms with E-state index in [1.165, 1.54) is 33.5 Å². The lowest BCUT2D eigenvalue weighted by molar-refractivity contribution is -0.144. The molecule has 0 aliphatic carbocycles. The number of hydrogen-bond donors (Lipinski definition) is 0. The molecule has 136 valence electrons. The third kappa shape index (κ3) is 3.19. The summed E-state index contributed by atoms with van der Waals surface area (Å²) in [4.78, 5) is 24.7. The Morgan fingerprint density at radius 1 is 0.920 bits per heavy atom. The van der Waals surface area contributed by atoms with Gasteiger partial charge in [0.1, 0.15) is 17.1 Å². The van der Waals surface area contributed by atoms with Crippen LogP contribution in [0.15, 0.2) is 27.8 Å². The third-order valence-electron chi connectivity index (χ3n) is 3.52. The molecule has 0 saturated carbocycles. The average molecular weight is 360 g/mol. The van der Waals surface area contributed by atoms with Gasteiger partial charge in [0.2, 0.25) is 0 Å². The zero-order chi connectivity index (χ0) is 18.9. The number of methoxy groups -OCH3 is 3. The molecule has 2 rings (SSSR count). The van der Waals surface area contributed by atoms with Gasteiger partial charge in [-0.25, -0.2) is 9.36 Å². The predicted molar refractivity (Wildman–Crippen MR) is 81.9 cm³/mol. The Labute approximate surface area is 139 Å². The maximum atomic E-state index is 13.0. The van der Waals surface area contributed by atoms with Crippen LogP contribution in [-0.2, 0) is 13.2 Å². The van der Waals surface area contributed by atoms with Gasteiger partial charge in [0, 0.05) is 25.2 Å². The Morgan fingerprint density at radius 3 is 1.84 bits per heavy atom. The molecule has 0 aliphatic rings. The van der Waals surface area contributed by atoms with E-state index in [-0.39, 0.29) is 17.2 Å². The smallest absolute Gasteiger partial charge is 0.431 e. The van der Waals surface area contributed by atoms with Crippen LogP contribution in [0.5, 0.6) is 17.2 Å². The molecule has 1 heterocycles. The van der Waals surface area contributed by atoms with Crippen molar-refractivity contribution in [3.8, 4) is 22.9 Å². The molecule has 0 N–H and O–H groups in total. The molecule has 0 atom stereocenters. The van der Waals surface area contributed by atoms with Crippen LogP contribution in [0.25, 0.3) is 5.69 Å². The van der Waals surface area contributed by atoms with E-state index in [0.717, 1.165) is 7.05 Å². The highest BCUT2D eigenvalue weighted by Crippen LogP contribution is 2.36. The summed E-state index contributed by atoms with van der Waals surface area (Å²) in [7, 11) is 4.86. The van der Waals surface area contributed by atoms with Gasteiger partial charge in [-0.05, 0) is 0 Å². The first-order valence-corrected chi connectivity index (χ1v) is 6.86. The van der Waals surface area contributed by atoms with Crippen molar-refractivity contribution in [2.45, 2.75) is 6.18 Å². The summed E-state index contributed by atoms with van der Waals surface area (Å²) in [5, 5.41) is 0. The molecule has 0 radical (unpaired) electrons. The van der Waals surface area contributed by atoms with Crippen LogP contribution in [0, 0.1) is 0 Å². The minimum atomic E-state index is -4.85. The molecule has 1 aromatic carbocycles. The fourth-order valence-electron chi connectivity index (χ4n) is 2.31. The summed E-state index contributed by atoms with van der Waals surface area (Å²) in [6, 6.07) is 3.09. The summed E-state index contributed by atoms with van der Waals surface area (Å²) >= 11 is 0. The molecule has 0 saturated heterocycles.